The van der Waals surface area contributed by atoms with Crippen molar-refractivity contribution in [1.29, 1.82) is 0 Å². The van der Waals surface area contributed by atoms with Crippen LogP contribution in [-0.4, -0.2) is 24.1 Å². The van der Waals surface area contributed by atoms with Crippen molar-refractivity contribution in [3.05, 3.63) is 69.7 Å². The lowest BCUT2D eigenvalue weighted by Gasteiger charge is -2.42. The second-order valence-electron chi connectivity index (χ2n) is 6.32. The van der Waals surface area contributed by atoms with Crippen LogP contribution in [0.15, 0.2) is 48.5 Å². The first-order valence-electron chi connectivity index (χ1n) is 8.13. The van der Waals surface area contributed by atoms with E-state index in [-0.39, 0.29) is 0 Å². The molecule has 0 aromatic heterocycles. The summed E-state index contributed by atoms with van der Waals surface area (Å²) < 4.78 is 6.48. The first-order chi connectivity index (χ1) is 11.2. The van der Waals surface area contributed by atoms with E-state index in [0.717, 1.165) is 34.3 Å². The molecule has 2 aromatic rings. The molecule has 2 aromatic carbocycles. The van der Waals surface area contributed by atoms with E-state index in [4.69, 9.17) is 27.9 Å². The highest BCUT2D eigenvalue weighted by atomic mass is 35.5. The molecule has 2 fully saturated rings. The van der Waals surface area contributed by atoms with Gasteiger partial charge in [0.1, 0.15) is 0 Å². The molecule has 4 heteroatoms. The molecule has 23 heavy (non-hydrogen) atoms. The number of piperidine rings is 1. The average molecular weight is 348 g/mol. The lowest BCUT2D eigenvalue weighted by molar-refractivity contribution is -0.0604. The molecule has 2 aliphatic heterocycles. The molecule has 2 aliphatic rings. The van der Waals surface area contributed by atoms with Crippen LogP contribution in [0.4, 0.5) is 0 Å². The summed E-state index contributed by atoms with van der Waals surface area (Å²) in [6.07, 6.45) is 3.65. The molecule has 0 N–H and O–H groups in total. The Morgan fingerprint density at radius 3 is 2.22 bits per heavy atom. The minimum Gasteiger partial charge on any atom is -0.350 e. The topological polar surface area (TPSA) is 12.5 Å². The third-order valence-corrected chi connectivity index (χ3v) is 5.42. The Morgan fingerprint density at radius 1 is 0.957 bits per heavy atom. The third-order valence-electron chi connectivity index (χ3n) is 4.95. The summed E-state index contributed by atoms with van der Waals surface area (Å²) in [7, 11) is 0. The molecule has 0 spiro atoms. The van der Waals surface area contributed by atoms with Crippen molar-refractivity contribution < 1.29 is 4.74 Å². The maximum absolute atomic E-state index is 6.48. The van der Waals surface area contributed by atoms with Crippen LogP contribution in [0.3, 0.4) is 0 Å². The van der Waals surface area contributed by atoms with Gasteiger partial charge in [0.15, 0.2) is 5.72 Å². The fraction of sp³-hybridized carbons (Fsp3) is 0.368. The lowest BCUT2D eigenvalue weighted by atomic mass is 9.90. The van der Waals surface area contributed by atoms with Gasteiger partial charge in [-0.3, -0.25) is 4.90 Å². The summed E-state index contributed by atoms with van der Waals surface area (Å²) in [5.41, 5.74) is 1.58. The van der Waals surface area contributed by atoms with E-state index >= 15 is 0 Å². The minimum absolute atomic E-state index is 0.460. The standard InChI is InChI=1S/C19H19Cl2NO/c20-16-7-3-5-14(11-16)19(15-6-4-8-17(21)12-15)22-10-2-1-9-18(22)13-23-19/h3-8,11-12,18H,1-2,9-10,13H2. The van der Waals surface area contributed by atoms with Gasteiger partial charge in [-0.05, 0) is 37.1 Å². The Kier molecular flexibility index (Phi) is 4.10. The van der Waals surface area contributed by atoms with E-state index in [2.05, 4.69) is 17.0 Å². The van der Waals surface area contributed by atoms with Crippen molar-refractivity contribution in [3.63, 3.8) is 0 Å². The molecule has 1 unspecified atom stereocenters. The molecular formula is C19H19Cl2NO. The maximum atomic E-state index is 6.48. The molecule has 2 heterocycles. The van der Waals surface area contributed by atoms with E-state index in [0.29, 0.717) is 6.04 Å². The SMILES string of the molecule is Clc1cccc(C2(c3cccc(Cl)c3)OCC3CCCCN32)c1. The van der Waals surface area contributed by atoms with E-state index in [1.54, 1.807) is 0 Å². The second kappa shape index (κ2) is 6.10. The van der Waals surface area contributed by atoms with Crippen LogP contribution < -0.4 is 0 Å². The third kappa shape index (κ3) is 2.58. The Labute approximate surface area is 147 Å². The van der Waals surface area contributed by atoms with Gasteiger partial charge in [0.25, 0.3) is 0 Å². The minimum atomic E-state index is -0.582. The molecule has 0 saturated carbocycles. The summed E-state index contributed by atoms with van der Waals surface area (Å²) in [5, 5.41) is 1.46. The predicted molar refractivity (Wildman–Crippen MR) is 94.0 cm³/mol. The fourth-order valence-electron chi connectivity index (χ4n) is 3.95. The quantitative estimate of drug-likeness (QED) is 0.750. The first kappa shape index (κ1) is 15.5. The number of ether oxygens (including phenoxy) is 1. The summed E-state index contributed by atoms with van der Waals surface area (Å²) >= 11 is 12.6. The van der Waals surface area contributed by atoms with Gasteiger partial charge in [-0.25, -0.2) is 0 Å². The van der Waals surface area contributed by atoms with Gasteiger partial charge in [-0.15, -0.1) is 0 Å². The zero-order valence-electron chi connectivity index (χ0n) is 12.8. The Morgan fingerprint density at radius 2 is 1.61 bits per heavy atom. The van der Waals surface area contributed by atoms with E-state index in [1.165, 1.54) is 19.3 Å². The van der Waals surface area contributed by atoms with Crippen LogP contribution in [0.1, 0.15) is 30.4 Å². The van der Waals surface area contributed by atoms with Crippen molar-refractivity contribution in [3.8, 4) is 0 Å². The average Bonchev–Trinajstić information content (AvgIpc) is 2.95. The van der Waals surface area contributed by atoms with Gasteiger partial charge < -0.3 is 4.74 Å². The molecular weight excluding hydrogens is 329 g/mol. The fourth-order valence-corrected chi connectivity index (χ4v) is 4.33. The summed E-state index contributed by atoms with van der Waals surface area (Å²) in [6, 6.07) is 16.5. The van der Waals surface area contributed by atoms with Crippen LogP contribution in [0.25, 0.3) is 0 Å². The molecule has 0 aliphatic carbocycles. The van der Waals surface area contributed by atoms with Crippen LogP contribution in [0, 0.1) is 0 Å². The van der Waals surface area contributed by atoms with E-state index in [1.807, 2.05) is 36.4 Å². The first-order valence-corrected chi connectivity index (χ1v) is 8.88. The summed E-state index contributed by atoms with van der Waals surface area (Å²) in [6.45, 7) is 1.78. The van der Waals surface area contributed by atoms with Crippen LogP contribution in [0.2, 0.25) is 10.0 Å². The molecule has 1 atom stereocenters. The number of rotatable bonds is 2. The summed E-state index contributed by atoms with van der Waals surface area (Å²) in [4.78, 5) is 2.49. The van der Waals surface area contributed by atoms with Crippen molar-refractivity contribution in [2.75, 3.05) is 13.2 Å². The van der Waals surface area contributed by atoms with Gasteiger partial charge in [0.05, 0.1) is 6.61 Å². The molecule has 0 amide bonds. The molecule has 2 nitrogen and oxygen atoms in total. The zero-order chi connectivity index (χ0) is 15.9. The second-order valence-corrected chi connectivity index (χ2v) is 7.19. The number of nitrogens with zero attached hydrogens (tertiary/aromatic N) is 1. The highest BCUT2D eigenvalue weighted by Gasteiger charge is 2.50. The van der Waals surface area contributed by atoms with Crippen molar-refractivity contribution >= 4 is 23.2 Å². The number of hydrogen-bond donors (Lipinski definition) is 0. The van der Waals surface area contributed by atoms with Crippen LogP contribution >= 0.6 is 23.2 Å². The number of halogens is 2. The highest BCUT2D eigenvalue weighted by molar-refractivity contribution is 6.31. The number of hydrogen-bond acceptors (Lipinski definition) is 2. The van der Waals surface area contributed by atoms with Crippen molar-refractivity contribution in [2.24, 2.45) is 0 Å². The maximum Gasteiger partial charge on any atom is 0.174 e. The monoisotopic (exact) mass is 347 g/mol. The normalized spacial score (nSPS) is 23.7. The van der Waals surface area contributed by atoms with Crippen molar-refractivity contribution in [1.82, 2.24) is 4.90 Å². The smallest absolute Gasteiger partial charge is 0.174 e. The Balaban J connectivity index is 1.90. The Hall–Kier alpha value is -1.06. The van der Waals surface area contributed by atoms with Gasteiger partial charge in [0.2, 0.25) is 0 Å². The lowest BCUT2D eigenvalue weighted by Crippen LogP contribution is -2.48. The van der Waals surface area contributed by atoms with Gasteiger partial charge in [-0.2, -0.15) is 0 Å². The molecule has 120 valence electrons. The molecule has 2 saturated heterocycles. The largest absolute Gasteiger partial charge is 0.350 e. The molecule has 0 bridgehead atoms. The van der Waals surface area contributed by atoms with Crippen molar-refractivity contribution in [2.45, 2.75) is 31.0 Å². The molecule has 4 rings (SSSR count). The van der Waals surface area contributed by atoms with Gasteiger partial charge in [0, 0.05) is 33.8 Å². The number of fused-ring (bicyclic) bond motifs is 1. The predicted octanol–water partition coefficient (Wildman–Crippen LogP) is 5.08. The number of benzene rings is 2. The summed E-state index contributed by atoms with van der Waals surface area (Å²) in [5.74, 6) is 0. The van der Waals surface area contributed by atoms with Gasteiger partial charge in [-0.1, -0.05) is 53.9 Å². The van der Waals surface area contributed by atoms with Crippen LogP contribution in [-0.2, 0) is 10.5 Å². The Bertz CT molecular complexity index is 673. The van der Waals surface area contributed by atoms with E-state index in [9.17, 15) is 0 Å². The molecule has 0 radical (unpaired) electrons. The zero-order valence-corrected chi connectivity index (χ0v) is 14.4. The van der Waals surface area contributed by atoms with Gasteiger partial charge >= 0.3 is 0 Å². The highest BCUT2D eigenvalue weighted by Crippen LogP contribution is 2.46. The van der Waals surface area contributed by atoms with Crippen LogP contribution in [0.5, 0.6) is 0 Å². The van der Waals surface area contributed by atoms with E-state index < -0.39 is 5.72 Å².